The Balaban J connectivity index is 1.70. The van der Waals surface area contributed by atoms with Crippen molar-refractivity contribution in [3.63, 3.8) is 0 Å². The molecule has 19 heteroatoms. The van der Waals surface area contributed by atoms with Crippen molar-refractivity contribution < 1.29 is 58.1 Å². The first-order valence-electron chi connectivity index (χ1n) is 19.8. The third-order valence-electron chi connectivity index (χ3n) is 10.0. The van der Waals surface area contributed by atoms with Gasteiger partial charge in [0.25, 0.3) is 0 Å². The smallest absolute Gasteiger partial charge is 0.407 e. The normalized spacial score (nSPS) is 15.8. The average Bonchev–Trinajstić information content (AvgIpc) is 3.73. The number of carboxylic acid groups (broad SMARTS) is 2. The number of carbonyl (C=O) groups excluding carboxylic acids is 7. The number of carbonyl (C=O) groups is 9. The topological polar surface area (TPSA) is 293 Å². The molecule has 1 unspecified atom stereocenters. The van der Waals surface area contributed by atoms with Crippen LogP contribution in [0.3, 0.4) is 0 Å². The van der Waals surface area contributed by atoms with E-state index in [0.29, 0.717) is 12.8 Å². The third kappa shape index (κ3) is 16.0. The van der Waals surface area contributed by atoms with E-state index < -0.39 is 115 Å². The lowest BCUT2D eigenvalue weighted by Gasteiger charge is -2.30. The Morgan fingerprint density at radius 1 is 0.767 bits per heavy atom. The number of carboxylic acids is 2. The van der Waals surface area contributed by atoms with Gasteiger partial charge in [-0.2, -0.15) is 0 Å². The number of nitrogens with one attached hydrogen (secondary N) is 5. The molecule has 3 rings (SSSR count). The first-order valence-corrected chi connectivity index (χ1v) is 19.8. The second-order valence-corrected chi connectivity index (χ2v) is 14.5. The van der Waals surface area contributed by atoms with Gasteiger partial charge in [0.2, 0.25) is 35.4 Å². The van der Waals surface area contributed by atoms with Gasteiger partial charge in [0.15, 0.2) is 0 Å². The molecular weight excluding hydrogens is 782 g/mol. The zero-order valence-electron chi connectivity index (χ0n) is 33.7. The summed E-state index contributed by atoms with van der Waals surface area (Å²) in [6.07, 6.45) is -1.21. The molecule has 7 amide bonds. The van der Waals surface area contributed by atoms with E-state index in [1.54, 1.807) is 68.4 Å². The van der Waals surface area contributed by atoms with Gasteiger partial charge in [0, 0.05) is 19.4 Å². The zero-order valence-corrected chi connectivity index (χ0v) is 33.7. The molecule has 2 aromatic carbocycles. The van der Waals surface area contributed by atoms with Gasteiger partial charge in [0.1, 0.15) is 43.4 Å². The van der Waals surface area contributed by atoms with Gasteiger partial charge in [-0.05, 0) is 55.6 Å². The van der Waals surface area contributed by atoms with Crippen LogP contribution in [0.1, 0.15) is 76.3 Å². The van der Waals surface area contributed by atoms with Crippen LogP contribution in [0.4, 0.5) is 4.79 Å². The highest BCUT2D eigenvalue weighted by molar-refractivity contribution is 5.97. The fraction of sp³-hybridized carbons (Fsp3) is 0.488. The molecule has 0 spiro atoms. The van der Waals surface area contributed by atoms with E-state index in [4.69, 9.17) is 10.5 Å². The van der Waals surface area contributed by atoms with Crippen molar-refractivity contribution in [3.8, 4) is 0 Å². The van der Waals surface area contributed by atoms with Crippen LogP contribution in [0.2, 0.25) is 0 Å². The lowest BCUT2D eigenvalue weighted by Crippen LogP contribution is -2.60. The van der Waals surface area contributed by atoms with Gasteiger partial charge in [-0.15, -0.1) is 0 Å². The molecule has 0 aliphatic carbocycles. The summed E-state index contributed by atoms with van der Waals surface area (Å²) in [6, 6.07) is 11.1. The highest BCUT2D eigenvalue weighted by Gasteiger charge is 2.38. The molecule has 0 saturated carbocycles. The molecule has 19 nitrogen and oxygen atoms in total. The van der Waals surface area contributed by atoms with Gasteiger partial charge in [-0.3, -0.25) is 33.6 Å². The molecule has 1 heterocycles. The second kappa shape index (κ2) is 24.4. The average molecular weight is 838 g/mol. The zero-order chi connectivity index (χ0) is 44.2. The first kappa shape index (κ1) is 47.8. The Morgan fingerprint density at radius 2 is 1.33 bits per heavy atom. The Bertz CT molecular complexity index is 1810. The summed E-state index contributed by atoms with van der Waals surface area (Å²) in [5, 5.41) is 31.5. The van der Waals surface area contributed by atoms with Crippen LogP contribution in [-0.2, 0) is 56.1 Å². The van der Waals surface area contributed by atoms with Crippen molar-refractivity contribution >= 4 is 53.5 Å². The van der Waals surface area contributed by atoms with Crippen LogP contribution >= 0.6 is 0 Å². The number of alkyl carbamates (subject to hydrolysis) is 1. The van der Waals surface area contributed by atoms with E-state index in [1.165, 1.54) is 4.90 Å². The monoisotopic (exact) mass is 837 g/mol. The number of primary amides is 1. The predicted octanol–water partition coefficient (Wildman–Crippen LogP) is 0.737. The van der Waals surface area contributed by atoms with Crippen molar-refractivity contribution in [2.75, 3.05) is 13.1 Å². The van der Waals surface area contributed by atoms with Crippen molar-refractivity contribution in [2.24, 2.45) is 11.7 Å². The van der Waals surface area contributed by atoms with Crippen LogP contribution < -0.4 is 32.3 Å². The summed E-state index contributed by atoms with van der Waals surface area (Å²) in [6.45, 7) is 3.19. The van der Waals surface area contributed by atoms with Crippen LogP contribution in [0.5, 0.6) is 0 Å². The fourth-order valence-corrected chi connectivity index (χ4v) is 6.42. The summed E-state index contributed by atoms with van der Waals surface area (Å²) in [7, 11) is 0. The van der Waals surface area contributed by atoms with E-state index in [1.807, 2.05) is 6.07 Å². The molecule has 1 fully saturated rings. The fourth-order valence-electron chi connectivity index (χ4n) is 6.42. The molecule has 0 radical (unpaired) electrons. The van der Waals surface area contributed by atoms with Crippen molar-refractivity contribution in [2.45, 2.75) is 108 Å². The molecule has 60 heavy (non-hydrogen) atoms. The molecule has 326 valence electrons. The third-order valence-corrected chi connectivity index (χ3v) is 10.0. The van der Waals surface area contributed by atoms with Gasteiger partial charge in [-0.25, -0.2) is 9.59 Å². The summed E-state index contributed by atoms with van der Waals surface area (Å²) in [5.41, 5.74) is 6.91. The number of likely N-dealkylation sites (tertiary alicyclic amines) is 1. The quantitative estimate of drug-likeness (QED) is 0.0727. The number of nitrogens with two attached hydrogens (primary N) is 1. The maximum Gasteiger partial charge on any atom is 0.407 e. The van der Waals surface area contributed by atoms with E-state index in [9.17, 15) is 53.4 Å². The highest BCUT2D eigenvalue weighted by Crippen LogP contribution is 2.19. The number of hydrogen-bond donors (Lipinski definition) is 8. The number of benzene rings is 2. The number of ether oxygens (including phenoxy) is 1. The second-order valence-electron chi connectivity index (χ2n) is 14.5. The minimum atomic E-state index is -1.56. The summed E-state index contributed by atoms with van der Waals surface area (Å²) < 4.78 is 5.15. The molecule has 0 aromatic heterocycles. The van der Waals surface area contributed by atoms with Gasteiger partial charge < -0.3 is 52.2 Å². The van der Waals surface area contributed by atoms with Crippen molar-refractivity contribution in [1.82, 2.24) is 31.5 Å². The molecule has 9 N–H and O–H groups in total. The van der Waals surface area contributed by atoms with Gasteiger partial charge in [0.05, 0.1) is 0 Å². The van der Waals surface area contributed by atoms with Crippen molar-refractivity contribution in [1.29, 1.82) is 0 Å². The summed E-state index contributed by atoms with van der Waals surface area (Å²) >= 11 is 0. The van der Waals surface area contributed by atoms with E-state index >= 15 is 0 Å². The predicted molar refractivity (Wildman–Crippen MR) is 214 cm³/mol. The van der Waals surface area contributed by atoms with E-state index in [2.05, 4.69) is 26.6 Å². The minimum absolute atomic E-state index is 0.0108. The Hall–Kier alpha value is -6.53. The maximum absolute atomic E-state index is 13.9. The largest absolute Gasteiger partial charge is 0.481 e. The number of nitrogens with zero attached hydrogens (tertiary/aromatic N) is 1. The van der Waals surface area contributed by atoms with Crippen LogP contribution in [-0.4, -0.2) is 112 Å². The SMILES string of the molecule is CC[C@H](C)[C@H](NC(=O)[C@@H]1CCCN1C(=O)CNC(=O)OCc1ccccc1)C(=O)N[C@@H](CCC(N)=O)C(=O)N[C@@H](CCC(=O)O)C(=O)NC(CCc1ccccc1)C(=O)O. The maximum atomic E-state index is 13.9. The van der Waals surface area contributed by atoms with Gasteiger partial charge in [-0.1, -0.05) is 80.9 Å². The van der Waals surface area contributed by atoms with Crippen molar-refractivity contribution in [3.05, 3.63) is 71.8 Å². The van der Waals surface area contributed by atoms with Crippen LogP contribution in [0.25, 0.3) is 0 Å². The number of rotatable bonds is 24. The minimum Gasteiger partial charge on any atom is -0.481 e. The summed E-state index contributed by atoms with van der Waals surface area (Å²) in [5.74, 6) is -8.01. The number of aliphatic carboxylic acids is 2. The Kier molecular flexibility index (Phi) is 19.5. The lowest BCUT2D eigenvalue weighted by atomic mass is 9.96. The molecule has 1 aliphatic rings. The summed E-state index contributed by atoms with van der Waals surface area (Å²) in [4.78, 5) is 117. The Labute approximate surface area is 347 Å². The number of hydrogen-bond acceptors (Lipinski definition) is 10. The van der Waals surface area contributed by atoms with Crippen LogP contribution in [0, 0.1) is 5.92 Å². The van der Waals surface area contributed by atoms with E-state index in [0.717, 1.165) is 11.1 Å². The number of amides is 7. The lowest BCUT2D eigenvalue weighted by molar-refractivity contribution is -0.143. The molecule has 1 saturated heterocycles. The van der Waals surface area contributed by atoms with Crippen LogP contribution in [0.15, 0.2) is 60.7 Å². The number of aryl methyl sites for hydroxylation is 1. The van der Waals surface area contributed by atoms with Gasteiger partial charge >= 0.3 is 18.0 Å². The standard InChI is InChI=1S/C41H55N7O12/c1-3-25(2)35(47-38(55)31-15-10-22-48(31)33(50)23-43-41(59)60-24-27-13-8-5-9-14-27)39(56)45-28(18-20-32(42)49)36(53)44-29(19-21-34(51)52)37(54)46-30(40(57)58)17-16-26-11-6-4-7-12-26/h4-9,11-14,25,28-31,35H,3,10,15-24H2,1-2H3,(H2,42,49)(H,43,59)(H,44,53)(H,45,56)(H,46,54)(H,47,55)(H,51,52)(H,57,58)/t25-,28-,29-,30?,31-,35-/m0/s1. The molecule has 2 aromatic rings. The first-order chi connectivity index (χ1) is 28.6. The molecular formula is C41H55N7O12. The Morgan fingerprint density at radius 3 is 1.90 bits per heavy atom. The highest BCUT2D eigenvalue weighted by atomic mass is 16.5. The molecule has 6 atom stereocenters. The molecule has 1 aliphatic heterocycles. The molecule has 0 bridgehead atoms. The van der Waals surface area contributed by atoms with E-state index in [-0.39, 0.29) is 38.8 Å².